The van der Waals surface area contributed by atoms with Crippen LogP contribution in [-0.2, 0) is 11.8 Å². The predicted molar refractivity (Wildman–Crippen MR) is 96.5 cm³/mol. The Balaban J connectivity index is 1.54. The zero-order chi connectivity index (χ0) is 18.3. The van der Waals surface area contributed by atoms with Crippen molar-refractivity contribution in [3.8, 4) is 0 Å². The summed E-state index contributed by atoms with van der Waals surface area (Å²) in [5.74, 6) is 0.0253. The van der Waals surface area contributed by atoms with Crippen LogP contribution in [-0.4, -0.2) is 57.3 Å². The van der Waals surface area contributed by atoms with Gasteiger partial charge in [0.2, 0.25) is 5.91 Å². The molecule has 2 atom stereocenters. The molecule has 1 aliphatic heterocycles. The van der Waals surface area contributed by atoms with E-state index in [0.717, 1.165) is 23.7 Å². The summed E-state index contributed by atoms with van der Waals surface area (Å²) in [6.07, 6.45) is 2.54. The second kappa shape index (κ2) is 6.72. The first-order valence-electron chi connectivity index (χ1n) is 9.20. The molecule has 2 aromatic rings. The second-order valence-corrected chi connectivity index (χ2v) is 7.36. The SMILES string of the molecule is Cn1nc(C(=O)N2CC[C@H](CO)[C@H](NC(=O)C3CC3)C2)c2ccccc21. The molecule has 2 heterocycles. The van der Waals surface area contributed by atoms with Gasteiger partial charge in [-0.25, -0.2) is 0 Å². The summed E-state index contributed by atoms with van der Waals surface area (Å²) in [5, 5.41) is 17.9. The zero-order valence-electron chi connectivity index (χ0n) is 14.9. The number of aliphatic hydroxyl groups excluding tert-OH is 1. The van der Waals surface area contributed by atoms with E-state index in [1.165, 1.54) is 0 Å². The molecule has 7 nitrogen and oxygen atoms in total. The van der Waals surface area contributed by atoms with Crippen LogP contribution in [0.4, 0.5) is 0 Å². The number of para-hydroxylation sites is 1. The smallest absolute Gasteiger partial charge is 0.275 e. The second-order valence-electron chi connectivity index (χ2n) is 7.36. The molecule has 0 radical (unpaired) electrons. The molecule has 2 aliphatic rings. The van der Waals surface area contributed by atoms with Gasteiger partial charge in [-0.3, -0.25) is 14.3 Å². The van der Waals surface area contributed by atoms with Crippen LogP contribution in [0.2, 0.25) is 0 Å². The van der Waals surface area contributed by atoms with Crippen molar-refractivity contribution in [2.24, 2.45) is 18.9 Å². The molecule has 0 unspecified atom stereocenters. The van der Waals surface area contributed by atoms with Crippen molar-refractivity contribution in [3.05, 3.63) is 30.0 Å². The van der Waals surface area contributed by atoms with Crippen molar-refractivity contribution in [2.45, 2.75) is 25.3 Å². The zero-order valence-corrected chi connectivity index (χ0v) is 14.9. The average molecular weight is 356 g/mol. The number of aromatic nitrogens is 2. The highest BCUT2D eigenvalue weighted by molar-refractivity contribution is 6.04. The summed E-state index contributed by atoms with van der Waals surface area (Å²) in [6.45, 7) is 0.988. The first kappa shape index (κ1) is 17.0. The van der Waals surface area contributed by atoms with Crippen LogP contribution in [0.1, 0.15) is 29.8 Å². The molecule has 1 saturated carbocycles. The maximum absolute atomic E-state index is 13.1. The molecule has 138 valence electrons. The lowest BCUT2D eigenvalue weighted by Crippen LogP contribution is -2.55. The maximum Gasteiger partial charge on any atom is 0.275 e. The molecule has 0 bridgehead atoms. The van der Waals surface area contributed by atoms with Gasteiger partial charge < -0.3 is 15.3 Å². The number of hydrogen-bond donors (Lipinski definition) is 2. The van der Waals surface area contributed by atoms with E-state index in [1.807, 2.05) is 31.3 Å². The third kappa shape index (κ3) is 3.07. The normalized spacial score (nSPS) is 23.2. The molecule has 26 heavy (non-hydrogen) atoms. The molecular formula is C19H24N4O3. The van der Waals surface area contributed by atoms with E-state index >= 15 is 0 Å². The average Bonchev–Trinajstić information content (AvgIpc) is 3.46. The lowest BCUT2D eigenvalue weighted by atomic mass is 9.91. The van der Waals surface area contributed by atoms with E-state index in [9.17, 15) is 14.7 Å². The van der Waals surface area contributed by atoms with E-state index in [2.05, 4.69) is 10.4 Å². The summed E-state index contributed by atoms with van der Waals surface area (Å²) in [5.41, 5.74) is 1.36. The predicted octanol–water partition coefficient (Wildman–Crippen LogP) is 0.923. The fraction of sp³-hybridized carbons (Fsp3) is 0.526. The Morgan fingerprint density at radius 2 is 2.04 bits per heavy atom. The third-order valence-electron chi connectivity index (χ3n) is 5.51. The molecule has 1 aromatic carbocycles. The van der Waals surface area contributed by atoms with Crippen LogP contribution in [0.5, 0.6) is 0 Å². The van der Waals surface area contributed by atoms with Gasteiger partial charge in [-0.1, -0.05) is 18.2 Å². The van der Waals surface area contributed by atoms with Gasteiger partial charge in [0, 0.05) is 44.0 Å². The minimum atomic E-state index is -0.208. The summed E-state index contributed by atoms with van der Waals surface area (Å²) in [4.78, 5) is 27.0. The van der Waals surface area contributed by atoms with E-state index in [4.69, 9.17) is 0 Å². The third-order valence-corrected chi connectivity index (χ3v) is 5.51. The van der Waals surface area contributed by atoms with Gasteiger partial charge in [0.25, 0.3) is 5.91 Å². The van der Waals surface area contributed by atoms with Gasteiger partial charge >= 0.3 is 0 Å². The highest BCUT2D eigenvalue weighted by Crippen LogP contribution is 2.30. The molecule has 1 aromatic heterocycles. The molecule has 2 amide bonds. The number of aliphatic hydroxyl groups is 1. The van der Waals surface area contributed by atoms with Crippen LogP contribution >= 0.6 is 0 Å². The molecule has 1 aliphatic carbocycles. The number of piperidine rings is 1. The Bertz CT molecular complexity index is 842. The fourth-order valence-electron chi connectivity index (χ4n) is 3.73. The van der Waals surface area contributed by atoms with Crippen molar-refractivity contribution in [3.63, 3.8) is 0 Å². The molecule has 0 spiro atoms. The minimum absolute atomic E-state index is 0.0118. The molecule has 2 N–H and O–H groups in total. The van der Waals surface area contributed by atoms with Crippen LogP contribution < -0.4 is 5.32 Å². The van der Waals surface area contributed by atoms with Crippen molar-refractivity contribution < 1.29 is 14.7 Å². The van der Waals surface area contributed by atoms with Gasteiger partial charge in [-0.05, 0) is 25.3 Å². The maximum atomic E-state index is 13.1. The Morgan fingerprint density at radius 1 is 1.27 bits per heavy atom. The van der Waals surface area contributed by atoms with E-state index in [1.54, 1.807) is 9.58 Å². The summed E-state index contributed by atoms with van der Waals surface area (Å²) in [7, 11) is 1.83. The van der Waals surface area contributed by atoms with Gasteiger partial charge in [0.1, 0.15) is 0 Å². The number of nitrogens with zero attached hydrogens (tertiary/aromatic N) is 3. The lowest BCUT2D eigenvalue weighted by molar-refractivity contribution is -0.123. The minimum Gasteiger partial charge on any atom is -0.396 e. The van der Waals surface area contributed by atoms with Crippen LogP contribution in [0.15, 0.2) is 24.3 Å². The lowest BCUT2D eigenvalue weighted by Gasteiger charge is -2.38. The first-order chi connectivity index (χ1) is 12.6. The molecule has 4 rings (SSSR count). The Labute approximate surface area is 152 Å². The first-order valence-corrected chi connectivity index (χ1v) is 9.20. The van der Waals surface area contributed by atoms with Gasteiger partial charge in [0.05, 0.1) is 11.6 Å². The summed E-state index contributed by atoms with van der Waals surface area (Å²) >= 11 is 0. The van der Waals surface area contributed by atoms with Crippen molar-refractivity contribution in [2.75, 3.05) is 19.7 Å². The standard InChI is InChI=1S/C19H24N4O3/c1-22-16-5-3-2-4-14(16)17(21-22)19(26)23-9-8-13(11-24)15(10-23)20-18(25)12-6-7-12/h2-5,12-13,15,24H,6-11H2,1H3,(H,20,25)/t13-,15-/m1/s1. The monoisotopic (exact) mass is 356 g/mol. The molecular weight excluding hydrogens is 332 g/mol. The van der Waals surface area contributed by atoms with Crippen LogP contribution in [0.25, 0.3) is 10.9 Å². The number of hydrogen-bond acceptors (Lipinski definition) is 4. The highest BCUT2D eigenvalue weighted by atomic mass is 16.3. The van der Waals surface area contributed by atoms with Gasteiger partial charge in [-0.15, -0.1) is 0 Å². The molecule has 2 fully saturated rings. The Kier molecular flexibility index (Phi) is 4.40. The molecule has 7 heteroatoms. The number of fused-ring (bicyclic) bond motifs is 1. The van der Waals surface area contributed by atoms with Crippen molar-refractivity contribution in [1.29, 1.82) is 0 Å². The van der Waals surface area contributed by atoms with E-state index in [0.29, 0.717) is 25.2 Å². The van der Waals surface area contributed by atoms with Gasteiger partial charge in [-0.2, -0.15) is 5.10 Å². The van der Waals surface area contributed by atoms with Crippen molar-refractivity contribution in [1.82, 2.24) is 20.0 Å². The molecule has 1 saturated heterocycles. The Hall–Kier alpha value is -2.41. The van der Waals surface area contributed by atoms with E-state index < -0.39 is 0 Å². The number of benzene rings is 1. The van der Waals surface area contributed by atoms with Crippen LogP contribution in [0, 0.1) is 11.8 Å². The number of amides is 2. The number of nitrogens with one attached hydrogen (secondary N) is 1. The van der Waals surface area contributed by atoms with Crippen LogP contribution in [0.3, 0.4) is 0 Å². The van der Waals surface area contributed by atoms with Crippen molar-refractivity contribution >= 4 is 22.7 Å². The number of aryl methyl sites for hydroxylation is 1. The largest absolute Gasteiger partial charge is 0.396 e. The topological polar surface area (TPSA) is 87.5 Å². The highest BCUT2D eigenvalue weighted by Gasteiger charge is 2.37. The summed E-state index contributed by atoms with van der Waals surface area (Å²) in [6, 6.07) is 7.46. The van der Waals surface area contributed by atoms with Gasteiger partial charge in [0.15, 0.2) is 5.69 Å². The Morgan fingerprint density at radius 3 is 2.77 bits per heavy atom. The number of carbonyl (C=O) groups excluding carboxylic acids is 2. The number of rotatable bonds is 4. The number of carbonyl (C=O) groups is 2. The quantitative estimate of drug-likeness (QED) is 0.853. The summed E-state index contributed by atoms with van der Waals surface area (Å²) < 4.78 is 1.72. The fourth-order valence-corrected chi connectivity index (χ4v) is 3.73. The number of likely N-dealkylation sites (tertiary alicyclic amines) is 1. The van der Waals surface area contributed by atoms with E-state index in [-0.39, 0.29) is 36.3 Å².